The SMILES string of the molecule is COc1ccc(NC(=O)NC(=O)CN2C(=O)NC(C)(c3ccc(F)cc3Cl)C2=O)cc1. The number of methoxy groups -OCH3 is 1. The molecule has 3 N–H and O–H groups in total. The van der Waals surface area contributed by atoms with Gasteiger partial charge in [0.15, 0.2) is 0 Å². The van der Waals surface area contributed by atoms with Crippen LogP contribution in [0.2, 0.25) is 5.02 Å². The number of amides is 6. The van der Waals surface area contributed by atoms with Gasteiger partial charge in [-0.3, -0.25) is 19.8 Å². The number of nitrogens with zero attached hydrogens (tertiary/aromatic N) is 1. The molecular weight excluding hydrogens is 431 g/mol. The fraction of sp³-hybridized carbons (Fsp3) is 0.200. The van der Waals surface area contributed by atoms with Gasteiger partial charge in [0, 0.05) is 16.3 Å². The van der Waals surface area contributed by atoms with E-state index < -0.39 is 41.8 Å². The number of ether oxygens (including phenoxy) is 1. The van der Waals surface area contributed by atoms with E-state index in [0.717, 1.165) is 12.1 Å². The number of nitrogens with one attached hydrogen (secondary N) is 3. The molecule has 0 spiro atoms. The summed E-state index contributed by atoms with van der Waals surface area (Å²) in [6, 6.07) is 8.08. The van der Waals surface area contributed by atoms with Crippen molar-refractivity contribution in [2.24, 2.45) is 0 Å². The quantitative estimate of drug-likeness (QED) is 0.608. The van der Waals surface area contributed by atoms with Crippen LogP contribution >= 0.6 is 11.6 Å². The Kier molecular flexibility index (Phi) is 6.11. The summed E-state index contributed by atoms with van der Waals surface area (Å²) in [5, 5.41) is 6.88. The molecule has 11 heteroatoms. The molecule has 9 nitrogen and oxygen atoms in total. The molecule has 1 aliphatic rings. The van der Waals surface area contributed by atoms with E-state index in [2.05, 4.69) is 10.6 Å². The standard InChI is InChI=1S/C20H18ClFN4O5/c1-20(14-8-3-11(22)9-15(14)21)17(28)26(19(30)25-20)10-16(27)24-18(29)23-12-4-6-13(31-2)7-5-12/h3-9H,10H2,1-2H3,(H,25,30)(H2,23,24,27,29). The van der Waals surface area contributed by atoms with E-state index in [1.807, 2.05) is 5.32 Å². The van der Waals surface area contributed by atoms with Crippen LogP contribution in [0, 0.1) is 5.82 Å². The second-order valence-corrected chi connectivity index (χ2v) is 7.21. The lowest BCUT2D eigenvalue weighted by molar-refractivity contribution is -0.134. The second kappa shape index (κ2) is 8.60. The van der Waals surface area contributed by atoms with Crippen molar-refractivity contribution >= 4 is 41.2 Å². The first-order chi connectivity index (χ1) is 14.6. The van der Waals surface area contributed by atoms with Crippen LogP contribution in [0.25, 0.3) is 0 Å². The first-order valence-electron chi connectivity index (χ1n) is 8.98. The molecule has 0 saturated carbocycles. The average molecular weight is 449 g/mol. The monoisotopic (exact) mass is 448 g/mol. The molecule has 6 amide bonds. The smallest absolute Gasteiger partial charge is 0.325 e. The van der Waals surface area contributed by atoms with Crippen LogP contribution in [-0.2, 0) is 15.1 Å². The van der Waals surface area contributed by atoms with Crippen molar-refractivity contribution < 1.29 is 28.3 Å². The Hall–Kier alpha value is -3.66. The summed E-state index contributed by atoms with van der Waals surface area (Å²) >= 11 is 6.03. The molecule has 2 aromatic carbocycles. The molecule has 2 aromatic rings. The summed E-state index contributed by atoms with van der Waals surface area (Å²) in [7, 11) is 1.50. The minimum atomic E-state index is -1.59. The third kappa shape index (κ3) is 4.58. The molecule has 0 aromatic heterocycles. The summed E-state index contributed by atoms with van der Waals surface area (Å²) in [6.45, 7) is 0.690. The Balaban J connectivity index is 1.65. The lowest BCUT2D eigenvalue weighted by Gasteiger charge is -2.23. The van der Waals surface area contributed by atoms with E-state index >= 15 is 0 Å². The minimum absolute atomic E-state index is 0.0543. The number of carbonyl (C=O) groups is 4. The van der Waals surface area contributed by atoms with Gasteiger partial charge in [-0.15, -0.1) is 0 Å². The van der Waals surface area contributed by atoms with Crippen molar-refractivity contribution in [1.82, 2.24) is 15.5 Å². The van der Waals surface area contributed by atoms with Gasteiger partial charge in [-0.25, -0.2) is 14.0 Å². The van der Waals surface area contributed by atoms with E-state index in [0.29, 0.717) is 16.3 Å². The minimum Gasteiger partial charge on any atom is -0.497 e. The Labute approximate surface area is 181 Å². The number of hydrogen-bond acceptors (Lipinski definition) is 5. The molecule has 0 bridgehead atoms. The summed E-state index contributed by atoms with van der Waals surface area (Å²) < 4.78 is 18.3. The van der Waals surface area contributed by atoms with Crippen LogP contribution in [0.1, 0.15) is 12.5 Å². The van der Waals surface area contributed by atoms with Gasteiger partial charge in [-0.1, -0.05) is 17.7 Å². The first-order valence-corrected chi connectivity index (χ1v) is 9.36. The van der Waals surface area contributed by atoms with Crippen molar-refractivity contribution in [3.05, 3.63) is 58.9 Å². The lowest BCUT2D eigenvalue weighted by atomic mass is 9.92. The highest BCUT2D eigenvalue weighted by Gasteiger charge is 2.50. The van der Waals surface area contributed by atoms with E-state index in [1.165, 1.54) is 20.1 Å². The van der Waals surface area contributed by atoms with Crippen LogP contribution < -0.4 is 20.7 Å². The van der Waals surface area contributed by atoms with Gasteiger partial charge in [-0.2, -0.15) is 0 Å². The molecule has 0 aliphatic carbocycles. The van der Waals surface area contributed by atoms with E-state index in [-0.39, 0.29) is 10.6 Å². The first kappa shape index (κ1) is 22.0. The Morgan fingerprint density at radius 2 is 1.87 bits per heavy atom. The maximum atomic E-state index is 13.3. The zero-order valence-electron chi connectivity index (χ0n) is 16.5. The summed E-state index contributed by atoms with van der Waals surface area (Å²) in [5.74, 6) is -1.67. The van der Waals surface area contributed by atoms with Crippen molar-refractivity contribution in [2.75, 3.05) is 19.0 Å². The van der Waals surface area contributed by atoms with Crippen molar-refractivity contribution in [3.8, 4) is 5.75 Å². The maximum Gasteiger partial charge on any atom is 0.325 e. The predicted octanol–water partition coefficient (Wildman–Crippen LogP) is 2.60. The molecule has 1 unspecified atom stereocenters. The fourth-order valence-electron chi connectivity index (χ4n) is 3.06. The molecule has 0 radical (unpaired) electrons. The van der Waals surface area contributed by atoms with Crippen LogP contribution in [0.15, 0.2) is 42.5 Å². The number of halogens is 2. The summed E-state index contributed by atoms with van der Waals surface area (Å²) in [6.07, 6.45) is 0. The van der Waals surface area contributed by atoms with Crippen LogP contribution in [0.4, 0.5) is 19.7 Å². The Morgan fingerprint density at radius 1 is 1.19 bits per heavy atom. The summed E-state index contributed by atoms with van der Waals surface area (Å²) in [5.41, 5.74) is -1.01. The topological polar surface area (TPSA) is 117 Å². The zero-order chi connectivity index (χ0) is 22.8. The molecule has 3 rings (SSSR count). The van der Waals surface area contributed by atoms with Gasteiger partial charge in [0.25, 0.3) is 5.91 Å². The average Bonchev–Trinajstić information content (AvgIpc) is 2.92. The lowest BCUT2D eigenvalue weighted by Crippen LogP contribution is -2.45. The molecule has 1 saturated heterocycles. The van der Waals surface area contributed by atoms with Gasteiger partial charge in [0.1, 0.15) is 23.7 Å². The van der Waals surface area contributed by atoms with Gasteiger partial charge < -0.3 is 15.4 Å². The predicted molar refractivity (Wildman–Crippen MR) is 109 cm³/mol. The van der Waals surface area contributed by atoms with E-state index in [1.54, 1.807) is 24.3 Å². The molecule has 1 heterocycles. The van der Waals surface area contributed by atoms with Crippen LogP contribution in [0.3, 0.4) is 0 Å². The number of urea groups is 2. The highest BCUT2D eigenvalue weighted by atomic mass is 35.5. The number of imide groups is 2. The largest absolute Gasteiger partial charge is 0.497 e. The normalized spacial score (nSPS) is 17.9. The van der Waals surface area contributed by atoms with E-state index in [9.17, 15) is 23.6 Å². The van der Waals surface area contributed by atoms with Gasteiger partial charge in [0.2, 0.25) is 5.91 Å². The zero-order valence-corrected chi connectivity index (χ0v) is 17.2. The van der Waals surface area contributed by atoms with Gasteiger partial charge >= 0.3 is 12.1 Å². The maximum absolute atomic E-state index is 13.3. The van der Waals surface area contributed by atoms with Crippen LogP contribution in [0.5, 0.6) is 5.75 Å². The number of rotatable bonds is 5. The third-order valence-electron chi connectivity index (χ3n) is 4.65. The van der Waals surface area contributed by atoms with E-state index in [4.69, 9.17) is 16.3 Å². The second-order valence-electron chi connectivity index (χ2n) is 6.80. The summed E-state index contributed by atoms with van der Waals surface area (Å²) in [4.78, 5) is 50.0. The molecular formula is C20H18ClFN4O5. The molecule has 162 valence electrons. The third-order valence-corrected chi connectivity index (χ3v) is 4.96. The van der Waals surface area contributed by atoms with Gasteiger partial charge in [0.05, 0.1) is 7.11 Å². The fourth-order valence-corrected chi connectivity index (χ4v) is 3.42. The molecule has 1 atom stereocenters. The number of anilines is 1. The Bertz CT molecular complexity index is 1060. The molecule has 31 heavy (non-hydrogen) atoms. The van der Waals surface area contributed by atoms with Gasteiger partial charge in [-0.05, 0) is 43.3 Å². The van der Waals surface area contributed by atoms with Crippen molar-refractivity contribution in [1.29, 1.82) is 0 Å². The Morgan fingerprint density at radius 3 is 2.48 bits per heavy atom. The molecule has 1 aliphatic heterocycles. The van der Waals surface area contributed by atoms with Crippen molar-refractivity contribution in [2.45, 2.75) is 12.5 Å². The number of hydrogen-bond donors (Lipinski definition) is 3. The number of benzene rings is 2. The van der Waals surface area contributed by atoms with Crippen molar-refractivity contribution in [3.63, 3.8) is 0 Å². The number of carbonyl (C=O) groups excluding carboxylic acids is 4. The molecule has 1 fully saturated rings. The highest BCUT2D eigenvalue weighted by molar-refractivity contribution is 6.32. The highest BCUT2D eigenvalue weighted by Crippen LogP contribution is 2.33. The van der Waals surface area contributed by atoms with Crippen LogP contribution in [-0.4, -0.2) is 42.4 Å².